The van der Waals surface area contributed by atoms with Crippen molar-refractivity contribution in [3.63, 3.8) is 0 Å². The molecule has 3 heterocycles. The number of piperidine rings is 1. The summed E-state index contributed by atoms with van der Waals surface area (Å²) in [5.74, 6) is 4.54. The third kappa shape index (κ3) is 3.00. The van der Waals surface area contributed by atoms with Crippen molar-refractivity contribution in [3.8, 4) is 0 Å². The largest absolute Gasteiger partial charge is 0.356 e. The summed E-state index contributed by atoms with van der Waals surface area (Å²) in [4.78, 5) is 15.6. The maximum Gasteiger partial charge on any atom is 0.224 e. The number of hydrogen-bond acceptors (Lipinski definition) is 6. The predicted octanol–water partition coefficient (Wildman–Crippen LogP) is 4.52. The highest BCUT2D eigenvalue weighted by atomic mass is 35.5. The van der Waals surface area contributed by atoms with Gasteiger partial charge in [0.25, 0.3) is 0 Å². The Morgan fingerprint density at radius 3 is 2.76 bits per heavy atom. The molecular weight excluding hydrogens is 372 g/mol. The Balaban J connectivity index is 1.20. The van der Waals surface area contributed by atoms with Gasteiger partial charge in [0.15, 0.2) is 4.34 Å². The van der Waals surface area contributed by atoms with E-state index < -0.39 is 0 Å². The summed E-state index contributed by atoms with van der Waals surface area (Å²) in [6.45, 7) is 4.14. The number of para-hydroxylation sites is 1. The van der Waals surface area contributed by atoms with Crippen LogP contribution in [0.15, 0.2) is 34.7 Å². The first-order valence-corrected chi connectivity index (χ1v) is 10.6. The molecule has 1 saturated heterocycles. The van der Waals surface area contributed by atoms with E-state index in [-0.39, 0.29) is 0 Å². The quantitative estimate of drug-likeness (QED) is 0.485. The summed E-state index contributed by atoms with van der Waals surface area (Å²) in [6, 6.07) is 10.4. The zero-order valence-corrected chi connectivity index (χ0v) is 16.1. The summed E-state index contributed by atoms with van der Waals surface area (Å²) in [5.41, 5.74) is 2.05. The molecule has 3 atom stereocenters. The van der Waals surface area contributed by atoms with Crippen molar-refractivity contribution >= 4 is 50.7 Å². The molecule has 2 fully saturated rings. The highest BCUT2D eigenvalue weighted by Crippen LogP contribution is 2.54. The first-order valence-electron chi connectivity index (χ1n) is 8.42. The van der Waals surface area contributed by atoms with Gasteiger partial charge < -0.3 is 4.90 Å². The highest BCUT2D eigenvalue weighted by Gasteiger charge is 2.55. The highest BCUT2D eigenvalue weighted by molar-refractivity contribution is 8.01. The Bertz CT molecular complexity index is 878. The van der Waals surface area contributed by atoms with Gasteiger partial charge in [-0.15, -0.1) is 11.3 Å². The maximum absolute atomic E-state index is 6.00. The molecule has 4 nitrogen and oxygen atoms in total. The van der Waals surface area contributed by atoms with Gasteiger partial charge in [0, 0.05) is 30.6 Å². The van der Waals surface area contributed by atoms with Gasteiger partial charge in [0.1, 0.15) is 5.82 Å². The Morgan fingerprint density at radius 2 is 2.00 bits per heavy atom. The fraction of sp³-hybridized carbons (Fsp3) is 0.389. The summed E-state index contributed by atoms with van der Waals surface area (Å²) in [6.07, 6.45) is 0. The molecule has 7 heteroatoms. The van der Waals surface area contributed by atoms with E-state index in [1.54, 1.807) is 11.3 Å². The van der Waals surface area contributed by atoms with Crippen LogP contribution in [-0.4, -0.2) is 33.8 Å². The minimum atomic E-state index is 0.346. The number of aryl methyl sites for hydroxylation is 1. The second-order valence-electron chi connectivity index (χ2n) is 6.79. The molecule has 1 aliphatic heterocycles. The zero-order chi connectivity index (χ0) is 17.0. The third-order valence-electron chi connectivity index (χ3n) is 5.18. The van der Waals surface area contributed by atoms with E-state index >= 15 is 0 Å². The van der Waals surface area contributed by atoms with Crippen LogP contribution in [0.5, 0.6) is 0 Å². The molecule has 0 bridgehead atoms. The van der Waals surface area contributed by atoms with Crippen LogP contribution in [0.25, 0.3) is 10.2 Å². The SMILES string of the molecule is Cc1cc(N2C[C@@H]3C(CSc4nc5ccccc5s4)[C@@H]3C2)nc(Cl)n1. The number of aromatic nitrogens is 3. The number of anilines is 1. The molecular formula is C18H17ClN4S2. The number of nitrogens with zero attached hydrogens (tertiary/aromatic N) is 4. The lowest BCUT2D eigenvalue weighted by Gasteiger charge is -2.21. The van der Waals surface area contributed by atoms with Crippen LogP contribution in [0.1, 0.15) is 5.69 Å². The van der Waals surface area contributed by atoms with E-state index in [9.17, 15) is 0 Å². The smallest absolute Gasteiger partial charge is 0.224 e. The Morgan fingerprint density at radius 1 is 1.20 bits per heavy atom. The Hall–Kier alpha value is -1.37. The van der Waals surface area contributed by atoms with Crippen molar-refractivity contribution in [1.82, 2.24) is 15.0 Å². The maximum atomic E-state index is 6.00. The number of hydrogen-bond donors (Lipinski definition) is 0. The van der Waals surface area contributed by atoms with Gasteiger partial charge in [0.2, 0.25) is 5.28 Å². The monoisotopic (exact) mass is 388 g/mol. The topological polar surface area (TPSA) is 41.9 Å². The van der Waals surface area contributed by atoms with Crippen LogP contribution in [0.3, 0.4) is 0 Å². The molecule has 128 valence electrons. The molecule has 1 aromatic carbocycles. The van der Waals surface area contributed by atoms with Gasteiger partial charge in [-0.25, -0.2) is 15.0 Å². The fourth-order valence-corrected chi connectivity index (χ4v) is 6.46. The standard InChI is InChI=1S/C18H17ClN4S2/c1-10-6-16(22-17(19)20-10)23-7-11-12(8-23)13(11)9-24-18-21-14-4-2-3-5-15(14)25-18/h2-6,11-13H,7-9H2,1H3/t11-,12+,13?. The average Bonchev–Trinajstić information content (AvgIpc) is 2.96. The second kappa shape index (κ2) is 6.11. The van der Waals surface area contributed by atoms with Gasteiger partial charge >= 0.3 is 0 Å². The fourth-order valence-electron chi connectivity index (χ4n) is 3.84. The van der Waals surface area contributed by atoms with E-state index in [1.165, 1.54) is 14.8 Å². The Labute approximate surface area is 159 Å². The summed E-state index contributed by atoms with van der Waals surface area (Å²) in [5, 5.41) is 0.346. The van der Waals surface area contributed by atoms with Crippen LogP contribution >= 0.6 is 34.7 Å². The van der Waals surface area contributed by atoms with Gasteiger partial charge in [-0.05, 0) is 48.4 Å². The molecule has 1 saturated carbocycles. The molecule has 0 N–H and O–H groups in total. The van der Waals surface area contributed by atoms with E-state index in [0.717, 1.165) is 47.9 Å². The lowest BCUT2D eigenvalue weighted by molar-refractivity contribution is 0.690. The minimum absolute atomic E-state index is 0.346. The van der Waals surface area contributed by atoms with Crippen molar-refractivity contribution in [1.29, 1.82) is 0 Å². The van der Waals surface area contributed by atoms with Gasteiger partial charge in [-0.3, -0.25) is 0 Å². The summed E-state index contributed by atoms with van der Waals surface area (Å²) in [7, 11) is 0. The molecule has 5 rings (SSSR count). The Kier molecular flexibility index (Phi) is 3.87. The zero-order valence-electron chi connectivity index (χ0n) is 13.7. The molecule has 3 aromatic rings. The number of thiazole rings is 1. The van der Waals surface area contributed by atoms with Crippen molar-refractivity contribution in [2.24, 2.45) is 17.8 Å². The van der Waals surface area contributed by atoms with E-state index in [2.05, 4.69) is 39.1 Å². The first-order chi connectivity index (χ1) is 12.2. The number of halogens is 1. The van der Waals surface area contributed by atoms with Crippen LogP contribution < -0.4 is 4.90 Å². The van der Waals surface area contributed by atoms with Crippen LogP contribution in [0.2, 0.25) is 5.28 Å². The van der Waals surface area contributed by atoms with Gasteiger partial charge in [-0.1, -0.05) is 23.9 Å². The molecule has 0 radical (unpaired) electrons. The lowest BCUT2D eigenvalue weighted by atomic mass is 10.3. The molecule has 0 amide bonds. The molecule has 1 aliphatic carbocycles. The van der Waals surface area contributed by atoms with Crippen molar-refractivity contribution in [2.45, 2.75) is 11.3 Å². The van der Waals surface area contributed by atoms with Crippen LogP contribution in [-0.2, 0) is 0 Å². The van der Waals surface area contributed by atoms with Gasteiger partial charge in [0.05, 0.1) is 10.2 Å². The molecule has 0 spiro atoms. The van der Waals surface area contributed by atoms with Crippen LogP contribution in [0, 0.1) is 24.7 Å². The van der Waals surface area contributed by atoms with Crippen molar-refractivity contribution in [3.05, 3.63) is 41.3 Å². The molecule has 2 aromatic heterocycles. The average molecular weight is 389 g/mol. The van der Waals surface area contributed by atoms with E-state index in [4.69, 9.17) is 16.6 Å². The van der Waals surface area contributed by atoms with Gasteiger partial charge in [-0.2, -0.15) is 0 Å². The number of rotatable bonds is 4. The second-order valence-corrected chi connectivity index (χ2v) is 9.43. The lowest BCUT2D eigenvalue weighted by Crippen LogP contribution is -2.25. The first kappa shape index (κ1) is 15.9. The van der Waals surface area contributed by atoms with Crippen molar-refractivity contribution in [2.75, 3.05) is 23.7 Å². The molecule has 2 aliphatic rings. The van der Waals surface area contributed by atoms with Crippen molar-refractivity contribution < 1.29 is 0 Å². The number of thioether (sulfide) groups is 1. The van der Waals surface area contributed by atoms with Crippen LogP contribution in [0.4, 0.5) is 5.82 Å². The summed E-state index contributed by atoms with van der Waals surface area (Å²) < 4.78 is 2.48. The number of benzene rings is 1. The molecule has 25 heavy (non-hydrogen) atoms. The summed E-state index contributed by atoms with van der Waals surface area (Å²) >= 11 is 9.72. The minimum Gasteiger partial charge on any atom is -0.356 e. The van der Waals surface area contributed by atoms with E-state index in [1.807, 2.05) is 24.8 Å². The number of fused-ring (bicyclic) bond motifs is 2. The molecule has 1 unspecified atom stereocenters. The normalized spacial score (nSPS) is 24.7. The van der Waals surface area contributed by atoms with E-state index in [0.29, 0.717) is 5.28 Å². The predicted molar refractivity (Wildman–Crippen MR) is 105 cm³/mol. The third-order valence-corrected chi connectivity index (χ3v) is 7.68.